The molecule has 0 aliphatic heterocycles. The standard InChI is InChI=1S/C11H17ClN2OS/c1-8(2)13-6-5-11(15)14-7-9-3-4-10(12)16-9/h3-4,8,13H,5-7H2,1-2H3,(H,14,15). The number of thiophene rings is 1. The highest BCUT2D eigenvalue weighted by Crippen LogP contribution is 2.20. The lowest BCUT2D eigenvalue weighted by molar-refractivity contribution is -0.121. The minimum absolute atomic E-state index is 0.0673. The maximum absolute atomic E-state index is 11.4. The zero-order valence-corrected chi connectivity index (χ0v) is 11.1. The molecule has 0 fully saturated rings. The zero-order chi connectivity index (χ0) is 12.0. The quantitative estimate of drug-likeness (QED) is 0.825. The Hall–Kier alpha value is -0.580. The van der Waals surface area contributed by atoms with Gasteiger partial charge in [-0.25, -0.2) is 0 Å². The van der Waals surface area contributed by atoms with E-state index in [2.05, 4.69) is 24.5 Å². The molecule has 3 nitrogen and oxygen atoms in total. The highest BCUT2D eigenvalue weighted by Gasteiger charge is 2.03. The maximum Gasteiger partial charge on any atom is 0.221 e. The summed E-state index contributed by atoms with van der Waals surface area (Å²) < 4.78 is 0.755. The molecule has 0 saturated heterocycles. The lowest BCUT2D eigenvalue weighted by Gasteiger charge is -2.07. The Morgan fingerprint density at radius 2 is 2.25 bits per heavy atom. The number of nitrogens with one attached hydrogen (secondary N) is 2. The summed E-state index contributed by atoms with van der Waals surface area (Å²) in [7, 11) is 0. The fraction of sp³-hybridized carbons (Fsp3) is 0.545. The van der Waals surface area contributed by atoms with Gasteiger partial charge in [0.2, 0.25) is 5.91 Å². The Morgan fingerprint density at radius 3 is 2.81 bits per heavy atom. The first-order valence-electron chi connectivity index (χ1n) is 5.32. The fourth-order valence-electron chi connectivity index (χ4n) is 1.20. The first kappa shape index (κ1) is 13.5. The van der Waals surface area contributed by atoms with E-state index in [1.54, 1.807) is 0 Å². The van der Waals surface area contributed by atoms with Gasteiger partial charge in [0.25, 0.3) is 0 Å². The van der Waals surface area contributed by atoms with Gasteiger partial charge in [0.15, 0.2) is 0 Å². The van der Waals surface area contributed by atoms with Crippen molar-refractivity contribution in [3.8, 4) is 0 Å². The number of carbonyl (C=O) groups is 1. The zero-order valence-electron chi connectivity index (χ0n) is 9.55. The SMILES string of the molecule is CC(C)NCCC(=O)NCc1ccc(Cl)s1. The second-order valence-electron chi connectivity index (χ2n) is 3.84. The number of amides is 1. The molecule has 0 aliphatic rings. The van der Waals surface area contributed by atoms with E-state index >= 15 is 0 Å². The molecule has 0 radical (unpaired) electrons. The van der Waals surface area contributed by atoms with Gasteiger partial charge in [-0.1, -0.05) is 25.4 Å². The third-order valence-corrected chi connectivity index (χ3v) is 3.22. The average molecular weight is 261 g/mol. The molecule has 0 unspecified atom stereocenters. The summed E-state index contributed by atoms with van der Waals surface area (Å²) in [5.74, 6) is 0.0673. The smallest absolute Gasteiger partial charge is 0.221 e. The van der Waals surface area contributed by atoms with Crippen LogP contribution < -0.4 is 10.6 Å². The van der Waals surface area contributed by atoms with Crippen LogP contribution in [0.4, 0.5) is 0 Å². The fourth-order valence-corrected chi connectivity index (χ4v) is 2.22. The number of halogens is 1. The summed E-state index contributed by atoms with van der Waals surface area (Å²) in [4.78, 5) is 12.5. The highest BCUT2D eigenvalue weighted by molar-refractivity contribution is 7.16. The van der Waals surface area contributed by atoms with Crippen LogP contribution in [0.2, 0.25) is 4.34 Å². The van der Waals surface area contributed by atoms with Gasteiger partial charge in [-0.05, 0) is 12.1 Å². The van der Waals surface area contributed by atoms with Gasteiger partial charge >= 0.3 is 0 Å². The molecule has 2 N–H and O–H groups in total. The Bertz CT molecular complexity index is 338. The first-order valence-corrected chi connectivity index (χ1v) is 6.51. The van der Waals surface area contributed by atoms with Crippen molar-refractivity contribution in [3.63, 3.8) is 0 Å². The van der Waals surface area contributed by atoms with E-state index in [0.29, 0.717) is 25.6 Å². The van der Waals surface area contributed by atoms with E-state index in [-0.39, 0.29) is 5.91 Å². The van der Waals surface area contributed by atoms with Crippen LogP contribution in [0.15, 0.2) is 12.1 Å². The third kappa shape index (κ3) is 5.49. The van der Waals surface area contributed by atoms with E-state index in [1.165, 1.54) is 11.3 Å². The lowest BCUT2D eigenvalue weighted by Crippen LogP contribution is -2.30. The molecule has 1 amide bonds. The van der Waals surface area contributed by atoms with Crippen LogP contribution in [0.1, 0.15) is 25.1 Å². The predicted octanol–water partition coefficient (Wildman–Crippen LogP) is 2.41. The molecule has 0 spiro atoms. The van der Waals surface area contributed by atoms with Gasteiger partial charge in [-0.2, -0.15) is 0 Å². The Balaban J connectivity index is 2.15. The lowest BCUT2D eigenvalue weighted by atomic mass is 10.3. The van der Waals surface area contributed by atoms with Crippen LogP contribution in [0, 0.1) is 0 Å². The van der Waals surface area contributed by atoms with E-state index in [9.17, 15) is 4.79 Å². The molecule has 1 aromatic heterocycles. The number of carbonyl (C=O) groups excluding carboxylic acids is 1. The molecule has 5 heteroatoms. The van der Waals surface area contributed by atoms with Crippen molar-refractivity contribution in [2.75, 3.05) is 6.54 Å². The number of rotatable bonds is 6. The summed E-state index contributed by atoms with van der Waals surface area (Å²) in [6, 6.07) is 4.19. The van der Waals surface area contributed by atoms with Gasteiger partial charge in [-0.15, -0.1) is 11.3 Å². The number of hydrogen-bond donors (Lipinski definition) is 2. The van der Waals surface area contributed by atoms with Crippen molar-refractivity contribution in [1.82, 2.24) is 10.6 Å². The Morgan fingerprint density at radius 1 is 1.50 bits per heavy atom. The summed E-state index contributed by atoms with van der Waals surface area (Å²) in [5.41, 5.74) is 0. The van der Waals surface area contributed by atoms with Crippen molar-refractivity contribution >= 4 is 28.8 Å². The van der Waals surface area contributed by atoms with E-state index in [0.717, 1.165) is 9.21 Å². The first-order chi connectivity index (χ1) is 7.58. The molecule has 0 saturated carbocycles. The molecule has 90 valence electrons. The molecular weight excluding hydrogens is 244 g/mol. The van der Waals surface area contributed by atoms with Gasteiger partial charge in [-0.3, -0.25) is 4.79 Å². The maximum atomic E-state index is 11.4. The molecular formula is C11H17ClN2OS. The molecule has 1 rings (SSSR count). The molecule has 1 aromatic rings. The summed E-state index contributed by atoms with van der Waals surface area (Å²) in [6.07, 6.45) is 0.511. The topological polar surface area (TPSA) is 41.1 Å². The van der Waals surface area contributed by atoms with Crippen molar-refractivity contribution < 1.29 is 4.79 Å². The van der Waals surface area contributed by atoms with Crippen molar-refractivity contribution in [2.24, 2.45) is 0 Å². The van der Waals surface area contributed by atoms with Crippen LogP contribution >= 0.6 is 22.9 Å². The van der Waals surface area contributed by atoms with Crippen LogP contribution in [0.3, 0.4) is 0 Å². The second-order valence-corrected chi connectivity index (χ2v) is 5.64. The summed E-state index contributed by atoms with van der Waals surface area (Å²) in [5, 5.41) is 6.06. The second kappa shape index (κ2) is 6.89. The van der Waals surface area contributed by atoms with Gasteiger partial charge in [0, 0.05) is 23.9 Å². The van der Waals surface area contributed by atoms with Crippen LogP contribution in [0.25, 0.3) is 0 Å². The molecule has 0 bridgehead atoms. The van der Waals surface area contributed by atoms with Crippen LogP contribution in [-0.2, 0) is 11.3 Å². The van der Waals surface area contributed by atoms with Crippen molar-refractivity contribution in [2.45, 2.75) is 32.9 Å². The molecule has 16 heavy (non-hydrogen) atoms. The van der Waals surface area contributed by atoms with E-state index < -0.39 is 0 Å². The third-order valence-electron chi connectivity index (χ3n) is 1.99. The molecule has 0 atom stereocenters. The summed E-state index contributed by atoms with van der Waals surface area (Å²) in [6.45, 7) is 5.41. The summed E-state index contributed by atoms with van der Waals surface area (Å²) >= 11 is 7.28. The van der Waals surface area contributed by atoms with Gasteiger partial charge in [0.1, 0.15) is 0 Å². The van der Waals surface area contributed by atoms with Crippen LogP contribution in [-0.4, -0.2) is 18.5 Å². The highest BCUT2D eigenvalue weighted by atomic mass is 35.5. The predicted molar refractivity (Wildman–Crippen MR) is 68.9 cm³/mol. The monoisotopic (exact) mass is 260 g/mol. The van der Waals surface area contributed by atoms with Gasteiger partial charge < -0.3 is 10.6 Å². The van der Waals surface area contributed by atoms with Crippen LogP contribution in [0.5, 0.6) is 0 Å². The average Bonchev–Trinajstić information content (AvgIpc) is 2.61. The van der Waals surface area contributed by atoms with E-state index in [4.69, 9.17) is 11.6 Å². The molecule has 1 heterocycles. The molecule has 0 aliphatic carbocycles. The Labute approximate surface area is 105 Å². The van der Waals surface area contributed by atoms with Crippen molar-refractivity contribution in [1.29, 1.82) is 0 Å². The van der Waals surface area contributed by atoms with Gasteiger partial charge in [0.05, 0.1) is 10.9 Å². The minimum Gasteiger partial charge on any atom is -0.351 e. The van der Waals surface area contributed by atoms with Crippen molar-refractivity contribution in [3.05, 3.63) is 21.3 Å². The Kier molecular flexibility index (Phi) is 5.80. The van der Waals surface area contributed by atoms with E-state index in [1.807, 2.05) is 12.1 Å². The largest absolute Gasteiger partial charge is 0.351 e. The number of hydrogen-bond acceptors (Lipinski definition) is 3. The normalized spacial score (nSPS) is 10.8. The molecule has 0 aromatic carbocycles. The minimum atomic E-state index is 0.0673.